The molecule has 0 saturated carbocycles. The highest BCUT2D eigenvalue weighted by Crippen LogP contribution is 2.28. The van der Waals surface area contributed by atoms with Crippen molar-refractivity contribution in [2.75, 3.05) is 19.1 Å². The van der Waals surface area contributed by atoms with Gasteiger partial charge in [-0.3, -0.25) is 0 Å². The summed E-state index contributed by atoms with van der Waals surface area (Å²) in [4.78, 5) is 4.74. The maximum Gasteiger partial charge on any atom is 0.127 e. The molecule has 20 heavy (non-hydrogen) atoms. The Labute approximate surface area is 124 Å². The SMILES string of the molecule is COc1ccc2c(c1)nc(C(N)CCSC)n2C(C)C. The lowest BCUT2D eigenvalue weighted by Gasteiger charge is -2.17. The van der Waals surface area contributed by atoms with Gasteiger partial charge in [-0.05, 0) is 44.4 Å². The van der Waals surface area contributed by atoms with E-state index >= 15 is 0 Å². The summed E-state index contributed by atoms with van der Waals surface area (Å²) in [7, 11) is 1.67. The van der Waals surface area contributed by atoms with E-state index in [4.69, 9.17) is 15.5 Å². The minimum absolute atomic E-state index is 0.0248. The van der Waals surface area contributed by atoms with Gasteiger partial charge in [0.1, 0.15) is 11.6 Å². The fraction of sp³-hybridized carbons (Fsp3) is 0.533. The summed E-state index contributed by atoms with van der Waals surface area (Å²) in [6.07, 6.45) is 3.04. The van der Waals surface area contributed by atoms with Gasteiger partial charge in [-0.2, -0.15) is 11.8 Å². The zero-order valence-electron chi connectivity index (χ0n) is 12.6. The lowest BCUT2D eigenvalue weighted by Crippen LogP contribution is -2.18. The number of thioether (sulfide) groups is 1. The van der Waals surface area contributed by atoms with E-state index < -0.39 is 0 Å². The van der Waals surface area contributed by atoms with Crippen LogP contribution in [-0.2, 0) is 0 Å². The minimum atomic E-state index is -0.0248. The Morgan fingerprint density at radius 1 is 1.40 bits per heavy atom. The highest BCUT2D eigenvalue weighted by Gasteiger charge is 2.18. The standard InChI is InChI=1S/C15H23N3OS/c1-10(2)18-14-6-5-11(19-3)9-13(14)17-15(18)12(16)7-8-20-4/h5-6,9-10,12H,7-8,16H2,1-4H3. The van der Waals surface area contributed by atoms with Gasteiger partial charge in [-0.1, -0.05) is 0 Å². The lowest BCUT2D eigenvalue weighted by molar-refractivity contribution is 0.415. The van der Waals surface area contributed by atoms with Crippen molar-refractivity contribution in [2.45, 2.75) is 32.4 Å². The van der Waals surface area contributed by atoms with Crippen molar-refractivity contribution < 1.29 is 4.74 Å². The lowest BCUT2D eigenvalue weighted by atomic mass is 10.2. The highest BCUT2D eigenvalue weighted by molar-refractivity contribution is 7.98. The maximum atomic E-state index is 6.33. The molecule has 2 aromatic rings. The third-order valence-corrected chi connectivity index (χ3v) is 4.05. The van der Waals surface area contributed by atoms with E-state index in [0.29, 0.717) is 6.04 Å². The summed E-state index contributed by atoms with van der Waals surface area (Å²) in [5.41, 5.74) is 8.40. The van der Waals surface area contributed by atoms with Crippen molar-refractivity contribution >= 4 is 22.8 Å². The number of hydrogen-bond acceptors (Lipinski definition) is 4. The molecule has 5 heteroatoms. The monoisotopic (exact) mass is 293 g/mol. The molecular weight excluding hydrogens is 270 g/mol. The first-order valence-corrected chi connectivity index (χ1v) is 8.28. The van der Waals surface area contributed by atoms with E-state index in [9.17, 15) is 0 Å². The minimum Gasteiger partial charge on any atom is -0.497 e. The molecule has 1 heterocycles. The predicted molar refractivity (Wildman–Crippen MR) is 86.6 cm³/mol. The third kappa shape index (κ3) is 2.94. The summed E-state index contributed by atoms with van der Waals surface area (Å²) in [5.74, 6) is 2.85. The number of imidazole rings is 1. The molecule has 2 N–H and O–H groups in total. The number of hydrogen-bond donors (Lipinski definition) is 1. The predicted octanol–water partition coefficient (Wildman–Crippen LogP) is 3.38. The quantitative estimate of drug-likeness (QED) is 0.887. The third-order valence-electron chi connectivity index (χ3n) is 3.40. The molecule has 0 aliphatic heterocycles. The van der Waals surface area contributed by atoms with Gasteiger partial charge in [0, 0.05) is 12.1 Å². The maximum absolute atomic E-state index is 6.33. The summed E-state index contributed by atoms with van der Waals surface area (Å²) in [6, 6.07) is 6.32. The molecule has 0 bridgehead atoms. The van der Waals surface area contributed by atoms with Crippen LogP contribution in [0.2, 0.25) is 0 Å². The first kappa shape index (κ1) is 15.2. The molecule has 110 valence electrons. The number of aromatic nitrogens is 2. The van der Waals surface area contributed by atoms with Gasteiger partial charge in [-0.15, -0.1) is 0 Å². The van der Waals surface area contributed by atoms with Crippen LogP contribution in [0.4, 0.5) is 0 Å². The molecule has 0 saturated heterocycles. The Hall–Kier alpha value is -1.20. The number of nitrogens with zero attached hydrogens (tertiary/aromatic N) is 2. The summed E-state index contributed by atoms with van der Waals surface area (Å²) in [5, 5.41) is 0. The van der Waals surface area contributed by atoms with Crippen LogP contribution >= 0.6 is 11.8 Å². The Kier molecular flexibility index (Phi) is 4.94. The smallest absolute Gasteiger partial charge is 0.127 e. The Morgan fingerprint density at radius 3 is 2.75 bits per heavy atom. The normalized spacial score (nSPS) is 13.1. The molecule has 0 aliphatic carbocycles. The van der Waals surface area contributed by atoms with Crippen molar-refractivity contribution in [3.8, 4) is 5.75 Å². The average molecular weight is 293 g/mol. The van der Waals surface area contributed by atoms with E-state index in [2.05, 4.69) is 30.7 Å². The van der Waals surface area contributed by atoms with Crippen LogP contribution < -0.4 is 10.5 Å². The number of fused-ring (bicyclic) bond motifs is 1. The summed E-state index contributed by atoms with van der Waals surface area (Å²) in [6.45, 7) is 4.33. The van der Waals surface area contributed by atoms with Gasteiger partial charge in [0.2, 0.25) is 0 Å². The molecule has 4 nitrogen and oxygen atoms in total. The van der Waals surface area contributed by atoms with Crippen LogP contribution in [0.3, 0.4) is 0 Å². The topological polar surface area (TPSA) is 53.1 Å². The Morgan fingerprint density at radius 2 is 2.15 bits per heavy atom. The van der Waals surface area contributed by atoms with E-state index in [-0.39, 0.29) is 6.04 Å². The average Bonchev–Trinajstić information content (AvgIpc) is 2.82. The van der Waals surface area contributed by atoms with Gasteiger partial charge < -0.3 is 15.0 Å². The molecule has 0 amide bonds. The molecule has 1 aromatic heterocycles. The molecule has 1 unspecified atom stereocenters. The number of nitrogens with two attached hydrogens (primary N) is 1. The second kappa shape index (κ2) is 6.50. The molecule has 0 aliphatic rings. The largest absolute Gasteiger partial charge is 0.497 e. The van der Waals surface area contributed by atoms with E-state index in [0.717, 1.165) is 34.8 Å². The molecule has 1 aromatic carbocycles. The Balaban J connectivity index is 2.49. The van der Waals surface area contributed by atoms with E-state index in [1.54, 1.807) is 7.11 Å². The molecule has 0 radical (unpaired) electrons. The zero-order valence-corrected chi connectivity index (χ0v) is 13.4. The van der Waals surface area contributed by atoms with Crippen molar-refractivity contribution in [1.29, 1.82) is 0 Å². The van der Waals surface area contributed by atoms with Crippen LogP contribution in [0.1, 0.15) is 38.2 Å². The number of ether oxygens (including phenoxy) is 1. The second-order valence-electron chi connectivity index (χ2n) is 5.18. The number of rotatable bonds is 6. The summed E-state index contributed by atoms with van der Waals surface area (Å²) >= 11 is 1.81. The van der Waals surface area contributed by atoms with Gasteiger partial charge in [0.05, 0.1) is 24.2 Å². The molecular formula is C15H23N3OS. The van der Waals surface area contributed by atoms with Crippen molar-refractivity contribution in [2.24, 2.45) is 5.73 Å². The summed E-state index contributed by atoms with van der Waals surface area (Å²) < 4.78 is 7.51. The van der Waals surface area contributed by atoms with Crippen LogP contribution in [0, 0.1) is 0 Å². The van der Waals surface area contributed by atoms with Crippen LogP contribution in [0.15, 0.2) is 18.2 Å². The van der Waals surface area contributed by atoms with Crippen molar-refractivity contribution in [3.63, 3.8) is 0 Å². The van der Waals surface area contributed by atoms with Crippen LogP contribution in [0.5, 0.6) is 5.75 Å². The molecule has 0 fully saturated rings. The van der Waals surface area contributed by atoms with Crippen LogP contribution in [-0.4, -0.2) is 28.7 Å². The fourth-order valence-electron chi connectivity index (χ4n) is 2.40. The van der Waals surface area contributed by atoms with Gasteiger partial charge in [0.25, 0.3) is 0 Å². The van der Waals surface area contributed by atoms with E-state index in [1.807, 2.05) is 23.9 Å². The van der Waals surface area contributed by atoms with Gasteiger partial charge >= 0.3 is 0 Å². The second-order valence-corrected chi connectivity index (χ2v) is 6.16. The highest BCUT2D eigenvalue weighted by atomic mass is 32.2. The molecule has 0 spiro atoms. The molecule has 1 atom stereocenters. The van der Waals surface area contributed by atoms with Crippen LogP contribution in [0.25, 0.3) is 11.0 Å². The fourth-order valence-corrected chi connectivity index (χ4v) is 2.89. The van der Waals surface area contributed by atoms with E-state index in [1.165, 1.54) is 0 Å². The Bertz CT molecular complexity index is 580. The van der Waals surface area contributed by atoms with Crippen molar-refractivity contribution in [3.05, 3.63) is 24.0 Å². The number of benzene rings is 1. The van der Waals surface area contributed by atoms with Gasteiger partial charge in [-0.25, -0.2) is 4.98 Å². The first-order chi connectivity index (χ1) is 9.58. The first-order valence-electron chi connectivity index (χ1n) is 6.88. The zero-order chi connectivity index (χ0) is 14.7. The number of methoxy groups -OCH3 is 1. The molecule has 2 rings (SSSR count). The van der Waals surface area contributed by atoms with Gasteiger partial charge in [0.15, 0.2) is 0 Å². The van der Waals surface area contributed by atoms with Crippen molar-refractivity contribution in [1.82, 2.24) is 9.55 Å².